The number of imidazole rings is 1. The van der Waals surface area contributed by atoms with Crippen LogP contribution in [0.4, 0.5) is 11.8 Å². The smallest absolute Gasteiger partial charge is 0.281 e. The van der Waals surface area contributed by atoms with Gasteiger partial charge in [0.1, 0.15) is 5.82 Å². The van der Waals surface area contributed by atoms with Crippen molar-refractivity contribution in [1.82, 2.24) is 24.4 Å². The first-order valence-corrected chi connectivity index (χ1v) is 13.0. The van der Waals surface area contributed by atoms with Crippen molar-refractivity contribution in [2.45, 2.75) is 52.7 Å². The Morgan fingerprint density at radius 2 is 2.00 bits per heavy atom. The van der Waals surface area contributed by atoms with Gasteiger partial charge in [0.15, 0.2) is 11.5 Å². The minimum Gasteiger partial charge on any atom is -0.341 e. The minimum absolute atomic E-state index is 0.101. The van der Waals surface area contributed by atoms with E-state index in [1.807, 2.05) is 31.2 Å². The molecule has 10 heteroatoms. The number of anilines is 2. The highest BCUT2D eigenvalue weighted by molar-refractivity contribution is 6.18. The summed E-state index contributed by atoms with van der Waals surface area (Å²) in [6, 6.07) is 8.05. The van der Waals surface area contributed by atoms with E-state index in [1.165, 1.54) is 5.57 Å². The number of guanidine groups is 1. The third-order valence-corrected chi connectivity index (χ3v) is 7.25. The number of rotatable bonds is 5. The topological polar surface area (TPSA) is 109 Å². The molecule has 1 atom stereocenters. The number of fused-ring (bicyclic) bond motifs is 4. The van der Waals surface area contributed by atoms with Gasteiger partial charge in [0.25, 0.3) is 5.91 Å². The number of nitrogens with zero attached hydrogens (tertiary/aromatic N) is 8. The van der Waals surface area contributed by atoms with Gasteiger partial charge in [-0.05, 0) is 39.7 Å². The molecule has 5 heterocycles. The molecule has 3 aliphatic rings. The zero-order valence-corrected chi connectivity index (χ0v) is 21.7. The fourth-order valence-corrected chi connectivity index (χ4v) is 5.44. The highest BCUT2D eigenvalue weighted by Gasteiger charge is 2.43. The Kier molecular flexibility index (Phi) is 5.91. The van der Waals surface area contributed by atoms with Crippen molar-refractivity contribution in [2.24, 2.45) is 10.7 Å². The number of hydrogen-bond acceptors (Lipinski definition) is 8. The number of carbonyl (C=O) groups excluding carboxylic acids is 1. The van der Waals surface area contributed by atoms with Gasteiger partial charge in [-0.1, -0.05) is 29.8 Å². The van der Waals surface area contributed by atoms with Crippen LogP contribution < -0.4 is 15.5 Å². The van der Waals surface area contributed by atoms with Crippen molar-refractivity contribution < 1.29 is 4.79 Å². The molecule has 1 fully saturated rings. The van der Waals surface area contributed by atoms with Gasteiger partial charge in [-0.2, -0.15) is 4.98 Å². The Labute approximate surface area is 216 Å². The maximum absolute atomic E-state index is 14.2. The molecule has 1 saturated heterocycles. The lowest BCUT2D eigenvalue weighted by Crippen LogP contribution is -2.50. The molecule has 3 aliphatic heterocycles. The van der Waals surface area contributed by atoms with E-state index in [0.717, 1.165) is 48.5 Å². The van der Waals surface area contributed by atoms with Crippen LogP contribution >= 0.6 is 0 Å². The molecule has 2 N–H and O–H groups in total. The van der Waals surface area contributed by atoms with Gasteiger partial charge in [-0.25, -0.2) is 9.97 Å². The molecule has 0 spiro atoms. The minimum atomic E-state index is -0.122. The Balaban J connectivity index is 1.43. The quantitative estimate of drug-likeness (QED) is 0.538. The number of aromatic nitrogens is 4. The molecule has 0 aliphatic carbocycles. The van der Waals surface area contributed by atoms with Crippen LogP contribution in [0.3, 0.4) is 0 Å². The molecule has 3 aromatic rings. The van der Waals surface area contributed by atoms with E-state index < -0.39 is 0 Å². The summed E-state index contributed by atoms with van der Waals surface area (Å²) in [7, 11) is 0. The van der Waals surface area contributed by atoms with Gasteiger partial charge >= 0.3 is 0 Å². The van der Waals surface area contributed by atoms with E-state index >= 15 is 0 Å². The molecule has 0 bridgehead atoms. The molecule has 37 heavy (non-hydrogen) atoms. The van der Waals surface area contributed by atoms with Crippen molar-refractivity contribution in [1.29, 1.82) is 0 Å². The van der Waals surface area contributed by atoms with Crippen LogP contribution in [0.5, 0.6) is 0 Å². The van der Waals surface area contributed by atoms with E-state index in [1.54, 1.807) is 4.90 Å². The zero-order chi connectivity index (χ0) is 25.7. The number of hydrogen-bond donors (Lipinski definition) is 1. The maximum Gasteiger partial charge on any atom is 0.281 e. The number of aliphatic imine (C=N–C) groups is 1. The van der Waals surface area contributed by atoms with Crippen LogP contribution in [-0.4, -0.2) is 68.5 Å². The summed E-state index contributed by atoms with van der Waals surface area (Å²) in [6.07, 6.45) is 4.15. The summed E-state index contributed by atoms with van der Waals surface area (Å²) in [5, 5.41) is 1.02. The highest BCUT2D eigenvalue weighted by atomic mass is 16.2. The first kappa shape index (κ1) is 23.6. The van der Waals surface area contributed by atoms with Gasteiger partial charge in [0, 0.05) is 43.3 Å². The number of piperidine rings is 1. The molecule has 0 radical (unpaired) electrons. The summed E-state index contributed by atoms with van der Waals surface area (Å²) >= 11 is 0. The molecule has 1 amide bonds. The molecular weight excluding hydrogens is 466 g/mol. The van der Waals surface area contributed by atoms with Gasteiger partial charge in [0.05, 0.1) is 18.6 Å². The summed E-state index contributed by atoms with van der Waals surface area (Å²) in [5.74, 6) is 2.59. The van der Waals surface area contributed by atoms with Crippen LogP contribution in [0, 0.1) is 6.92 Å². The summed E-state index contributed by atoms with van der Waals surface area (Å²) in [4.78, 5) is 39.4. The van der Waals surface area contributed by atoms with Crippen LogP contribution in [0.25, 0.3) is 10.9 Å². The number of carbonyl (C=O) groups is 1. The highest BCUT2D eigenvalue weighted by Crippen LogP contribution is 2.35. The fraction of sp³-hybridized carbons (Fsp3) is 0.444. The average molecular weight is 500 g/mol. The van der Waals surface area contributed by atoms with E-state index in [-0.39, 0.29) is 18.5 Å². The van der Waals surface area contributed by atoms with Crippen molar-refractivity contribution in [3.8, 4) is 0 Å². The number of benzene rings is 1. The molecular formula is C27H33N9O. The Hall–Kier alpha value is -3.79. The Morgan fingerprint density at radius 1 is 1.16 bits per heavy atom. The predicted molar refractivity (Wildman–Crippen MR) is 145 cm³/mol. The standard InChI is InChI=1S/C27H33N9O/c1-17(2)10-13-34-23-24(32-27(34)33-12-6-7-19(28)15-33)35-14-11-29-26(35)36(25(23)37)16-22-30-18(3)20-8-4-5-9-21(20)31-22/h4-5,8-10,19H,6-7,11-16,28H2,1-3H3/t19-/m1/s1. The zero-order valence-electron chi connectivity index (χ0n) is 21.7. The third-order valence-electron chi connectivity index (χ3n) is 7.25. The van der Waals surface area contributed by atoms with Crippen molar-refractivity contribution in [3.05, 3.63) is 53.1 Å². The summed E-state index contributed by atoms with van der Waals surface area (Å²) in [6.45, 7) is 9.83. The lowest BCUT2D eigenvalue weighted by Gasteiger charge is -2.33. The van der Waals surface area contributed by atoms with Crippen molar-refractivity contribution >= 4 is 34.5 Å². The predicted octanol–water partition coefficient (Wildman–Crippen LogP) is 2.86. The lowest BCUT2D eigenvalue weighted by molar-refractivity contribution is 0.0820. The number of amides is 1. The van der Waals surface area contributed by atoms with Gasteiger partial charge < -0.3 is 15.2 Å². The largest absolute Gasteiger partial charge is 0.341 e. The number of aryl methyl sites for hydroxylation is 1. The number of para-hydroxylation sites is 1. The summed E-state index contributed by atoms with van der Waals surface area (Å²) < 4.78 is 2.05. The Morgan fingerprint density at radius 3 is 2.81 bits per heavy atom. The van der Waals surface area contributed by atoms with E-state index in [2.05, 4.69) is 34.3 Å². The first-order valence-electron chi connectivity index (χ1n) is 13.0. The SMILES string of the molecule is CC(C)=CCn1c(N2CCC[C@@H](N)C2)nc2c1C(=O)N(Cc1nc(C)c3ccccc3n1)C1=NCCN12. The van der Waals surface area contributed by atoms with E-state index in [0.29, 0.717) is 42.9 Å². The third kappa shape index (κ3) is 4.15. The second kappa shape index (κ2) is 9.26. The Bertz CT molecular complexity index is 1440. The van der Waals surface area contributed by atoms with Crippen molar-refractivity contribution in [2.75, 3.05) is 36.0 Å². The molecule has 10 nitrogen and oxygen atoms in total. The summed E-state index contributed by atoms with van der Waals surface area (Å²) in [5.41, 5.74) is 9.86. The van der Waals surface area contributed by atoms with Gasteiger partial charge in [-0.15, -0.1) is 0 Å². The van der Waals surface area contributed by atoms with Gasteiger partial charge in [0.2, 0.25) is 11.9 Å². The molecule has 192 valence electrons. The van der Waals surface area contributed by atoms with E-state index in [4.69, 9.17) is 25.7 Å². The lowest BCUT2D eigenvalue weighted by atomic mass is 10.1. The maximum atomic E-state index is 14.2. The van der Waals surface area contributed by atoms with Crippen molar-refractivity contribution in [3.63, 3.8) is 0 Å². The van der Waals surface area contributed by atoms with Gasteiger partial charge in [-0.3, -0.25) is 19.6 Å². The molecule has 2 aromatic heterocycles. The first-order chi connectivity index (χ1) is 17.9. The molecule has 0 saturated carbocycles. The van der Waals surface area contributed by atoms with E-state index in [9.17, 15) is 4.79 Å². The van der Waals surface area contributed by atoms with Crippen LogP contribution in [0.15, 0.2) is 40.9 Å². The average Bonchev–Trinajstić information content (AvgIpc) is 3.50. The number of allylic oxidation sites excluding steroid dienone is 2. The molecule has 6 rings (SSSR count). The second-order valence-corrected chi connectivity index (χ2v) is 10.3. The normalized spacial score (nSPS) is 19.2. The molecule has 0 unspecified atom stereocenters. The van der Waals surface area contributed by atoms with Crippen LogP contribution in [-0.2, 0) is 13.1 Å². The number of nitrogens with two attached hydrogens (primary N) is 1. The van der Waals surface area contributed by atoms with Crippen LogP contribution in [0.2, 0.25) is 0 Å². The fourth-order valence-electron chi connectivity index (χ4n) is 5.44. The second-order valence-electron chi connectivity index (χ2n) is 10.3. The molecule has 1 aromatic carbocycles. The van der Waals surface area contributed by atoms with Crippen LogP contribution in [0.1, 0.15) is 48.7 Å². The monoisotopic (exact) mass is 499 g/mol.